The highest BCUT2D eigenvalue weighted by Crippen LogP contribution is 2.22. The second-order valence-corrected chi connectivity index (χ2v) is 3.95. The number of thiophene rings is 1. The predicted octanol–water partition coefficient (Wildman–Crippen LogP) is 2.70. The van der Waals surface area contributed by atoms with E-state index in [-0.39, 0.29) is 0 Å². The van der Waals surface area contributed by atoms with Gasteiger partial charge in [0.2, 0.25) is 0 Å². The van der Waals surface area contributed by atoms with Crippen LogP contribution in [0.2, 0.25) is 4.34 Å². The fourth-order valence-corrected chi connectivity index (χ4v) is 1.75. The fraction of sp³-hybridized carbons (Fsp3) is 0.250. The highest BCUT2D eigenvalue weighted by Gasteiger charge is 1.91. The van der Waals surface area contributed by atoms with Crippen LogP contribution in [-0.4, -0.2) is 6.61 Å². The van der Waals surface area contributed by atoms with Crippen LogP contribution >= 0.6 is 22.9 Å². The lowest BCUT2D eigenvalue weighted by molar-refractivity contribution is 0.143. The molecule has 0 fully saturated rings. The van der Waals surface area contributed by atoms with Crippen molar-refractivity contribution in [2.75, 3.05) is 6.61 Å². The number of halogens is 1. The highest BCUT2D eigenvalue weighted by molar-refractivity contribution is 7.16. The van der Waals surface area contributed by atoms with Crippen LogP contribution in [0.15, 0.2) is 18.2 Å². The predicted molar refractivity (Wildman–Crippen MR) is 53.1 cm³/mol. The molecule has 0 atom stereocenters. The maximum atomic E-state index is 5.74. The summed E-state index contributed by atoms with van der Waals surface area (Å²) in [6, 6.07) is 3.86. The van der Waals surface area contributed by atoms with E-state index in [2.05, 4.69) is 4.84 Å². The molecule has 0 aliphatic carbocycles. The van der Waals surface area contributed by atoms with Crippen molar-refractivity contribution in [3.05, 3.63) is 27.4 Å². The van der Waals surface area contributed by atoms with Crippen molar-refractivity contribution in [3.63, 3.8) is 0 Å². The average Bonchev–Trinajstić information content (AvgIpc) is 2.45. The molecule has 0 radical (unpaired) electrons. The summed E-state index contributed by atoms with van der Waals surface area (Å²) in [4.78, 5) is 5.56. The molecule has 0 aliphatic rings. The van der Waals surface area contributed by atoms with Crippen molar-refractivity contribution in [3.8, 4) is 0 Å². The normalized spacial score (nSPS) is 11.2. The molecule has 1 aromatic rings. The van der Waals surface area contributed by atoms with Gasteiger partial charge >= 0.3 is 0 Å². The molecule has 0 aliphatic heterocycles. The zero-order chi connectivity index (χ0) is 8.81. The molecule has 2 N–H and O–H groups in total. The third-order valence-corrected chi connectivity index (χ3v) is 2.47. The molecule has 0 amide bonds. The molecule has 0 saturated heterocycles. The molecule has 12 heavy (non-hydrogen) atoms. The van der Waals surface area contributed by atoms with E-state index >= 15 is 0 Å². The molecular weight excluding hydrogens is 194 g/mol. The van der Waals surface area contributed by atoms with E-state index in [9.17, 15) is 0 Å². The van der Waals surface area contributed by atoms with Crippen LogP contribution in [0.25, 0.3) is 6.08 Å². The zero-order valence-electron chi connectivity index (χ0n) is 6.50. The lowest BCUT2D eigenvalue weighted by Gasteiger charge is -1.89. The first kappa shape index (κ1) is 9.74. The Morgan fingerprint density at radius 3 is 3.00 bits per heavy atom. The van der Waals surface area contributed by atoms with E-state index in [1.807, 2.05) is 24.3 Å². The smallest absolute Gasteiger partial charge is 0.0934 e. The van der Waals surface area contributed by atoms with Crippen LogP contribution in [0.4, 0.5) is 0 Å². The van der Waals surface area contributed by atoms with Crippen LogP contribution in [0.3, 0.4) is 0 Å². The second-order valence-electron chi connectivity index (χ2n) is 2.20. The fourth-order valence-electron chi connectivity index (χ4n) is 0.753. The van der Waals surface area contributed by atoms with Gasteiger partial charge in [0.25, 0.3) is 0 Å². The van der Waals surface area contributed by atoms with Gasteiger partial charge in [-0.2, -0.15) is 0 Å². The van der Waals surface area contributed by atoms with Crippen LogP contribution in [0, 0.1) is 0 Å². The van der Waals surface area contributed by atoms with Gasteiger partial charge in [0.1, 0.15) is 0 Å². The molecule has 0 bridgehead atoms. The minimum absolute atomic E-state index is 0.551. The largest absolute Gasteiger partial charge is 0.304 e. The number of nitrogens with two attached hydrogens (primary N) is 1. The minimum atomic E-state index is 0.551. The molecule has 1 rings (SSSR count). The SMILES string of the molecule is NOCC/C=C/c1ccc(Cl)s1. The maximum absolute atomic E-state index is 5.74. The summed E-state index contributed by atoms with van der Waals surface area (Å²) in [5.41, 5.74) is 0. The molecule has 0 spiro atoms. The Morgan fingerprint density at radius 2 is 2.42 bits per heavy atom. The van der Waals surface area contributed by atoms with Gasteiger partial charge in [0.05, 0.1) is 10.9 Å². The van der Waals surface area contributed by atoms with Gasteiger partial charge in [-0.25, -0.2) is 5.90 Å². The Balaban J connectivity index is 2.36. The van der Waals surface area contributed by atoms with Crippen LogP contribution in [0.5, 0.6) is 0 Å². The van der Waals surface area contributed by atoms with Gasteiger partial charge < -0.3 is 4.84 Å². The molecule has 0 unspecified atom stereocenters. The van der Waals surface area contributed by atoms with Gasteiger partial charge in [-0.1, -0.05) is 17.7 Å². The first-order valence-electron chi connectivity index (χ1n) is 3.56. The molecule has 4 heteroatoms. The minimum Gasteiger partial charge on any atom is -0.304 e. The van der Waals surface area contributed by atoms with Crippen LogP contribution in [0.1, 0.15) is 11.3 Å². The average molecular weight is 204 g/mol. The van der Waals surface area contributed by atoms with Crippen LogP contribution in [-0.2, 0) is 4.84 Å². The van der Waals surface area contributed by atoms with E-state index in [1.54, 1.807) is 11.3 Å². The van der Waals surface area contributed by atoms with Gasteiger partial charge in [0.15, 0.2) is 0 Å². The quantitative estimate of drug-likeness (QED) is 0.603. The second kappa shape index (κ2) is 5.32. The van der Waals surface area contributed by atoms with E-state index in [1.165, 1.54) is 0 Å². The van der Waals surface area contributed by atoms with E-state index < -0.39 is 0 Å². The highest BCUT2D eigenvalue weighted by atomic mass is 35.5. The Kier molecular flexibility index (Phi) is 4.32. The molecule has 2 nitrogen and oxygen atoms in total. The Morgan fingerprint density at radius 1 is 1.58 bits per heavy atom. The first-order chi connectivity index (χ1) is 5.83. The van der Waals surface area contributed by atoms with Crippen molar-refractivity contribution < 1.29 is 4.84 Å². The maximum Gasteiger partial charge on any atom is 0.0934 e. The summed E-state index contributed by atoms with van der Waals surface area (Å²) >= 11 is 7.29. The summed E-state index contributed by atoms with van der Waals surface area (Å²) in [6.45, 7) is 0.551. The molecule has 1 heterocycles. The summed E-state index contributed by atoms with van der Waals surface area (Å²) in [5.74, 6) is 4.86. The van der Waals surface area contributed by atoms with Gasteiger partial charge in [0, 0.05) is 4.88 Å². The zero-order valence-corrected chi connectivity index (χ0v) is 8.07. The topological polar surface area (TPSA) is 35.2 Å². The van der Waals surface area contributed by atoms with E-state index in [0.717, 1.165) is 15.6 Å². The first-order valence-corrected chi connectivity index (χ1v) is 4.76. The number of hydrogen-bond donors (Lipinski definition) is 1. The Hall–Kier alpha value is -0.350. The van der Waals surface area contributed by atoms with E-state index in [0.29, 0.717) is 6.61 Å². The molecule has 66 valence electrons. The van der Waals surface area contributed by atoms with Gasteiger partial charge in [-0.3, -0.25) is 0 Å². The summed E-state index contributed by atoms with van der Waals surface area (Å²) in [5, 5.41) is 0. The Bertz CT molecular complexity index is 259. The summed E-state index contributed by atoms with van der Waals surface area (Å²) < 4.78 is 0.810. The van der Waals surface area contributed by atoms with E-state index in [4.69, 9.17) is 17.5 Å². The molecule has 0 aromatic carbocycles. The van der Waals surface area contributed by atoms with Crippen molar-refractivity contribution in [2.45, 2.75) is 6.42 Å². The number of rotatable bonds is 4. The third kappa shape index (κ3) is 3.36. The molecule has 0 saturated carbocycles. The monoisotopic (exact) mass is 203 g/mol. The van der Waals surface area contributed by atoms with Crippen LogP contribution < -0.4 is 5.90 Å². The van der Waals surface area contributed by atoms with Gasteiger partial charge in [-0.15, -0.1) is 11.3 Å². The number of hydrogen-bond acceptors (Lipinski definition) is 3. The van der Waals surface area contributed by atoms with Gasteiger partial charge in [-0.05, 0) is 24.6 Å². The van der Waals surface area contributed by atoms with Crippen molar-refractivity contribution in [2.24, 2.45) is 5.90 Å². The standard InChI is InChI=1S/C8H10ClNOS/c9-8-5-4-7(12-8)3-1-2-6-11-10/h1,3-5H,2,6,10H2/b3-1+. The Labute approximate surface area is 80.6 Å². The lowest BCUT2D eigenvalue weighted by Crippen LogP contribution is -1.98. The summed E-state index contributed by atoms with van der Waals surface area (Å²) in [7, 11) is 0. The van der Waals surface area contributed by atoms with Crippen molar-refractivity contribution in [1.29, 1.82) is 0 Å². The summed E-state index contributed by atoms with van der Waals surface area (Å²) in [6.07, 6.45) is 4.84. The molecular formula is C8H10ClNOS. The lowest BCUT2D eigenvalue weighted by atomic mass is 10.3. The van der Waals surface area contributed by atoms with Crippen molar-refractivity contribution >= 4 is 29.0 Å². The third-order valence-electron chi connectivity index (χ3n) is 1.28. The van der Waals surface area contributed by atoms with Crippen molar-refractivity contribution in [1.82, 2.24) is 0 Å². The molecule has 1 aromatic heterocycles.